The lowest BCUT2D eigenvalue weighted by Gasteiger charge is -2.21. The summed E-state index contributed by atoms with van der Waals surface area (Å²) in [5.74, 6) is -0.727. The van der Waals surface area contributed by atoms with Crippen LogP contribution in [0.1, 0.15) is 25.3 Å². The first kappa shape index (κ1) is 19.5. The number of carbonyl (C=O) groups excluding carboxylic acids is 1. The van der Waals surface area contributed by atoms with E-state index in [-0.39, 0.29) is 22.6 Å². The lowest BCUT2D eigenvalue weighted by molar-refractivity contribution is -0.118. The molecule has 2 rings (SSSR count). The van der Waals surface area contributed by atoms with Crippen LogP contribution in [0.3, 0.4) is 0 Å². The fourth-order valence-electron chi connectivity index (χ4n) is 2.50. The molecule has 0 spiro atoms. The number of hydrogen-bond donors (Lipinski definition) is 1. The average molecular weight is 388 g/mol. The van der Waals surface area contributed by atoms with E-state index in [2.05, 4.69) is 10.1 Å². The van der Waals surface area contributed by atoms with Gasteiger partial charge in [-0.25, -0.2) is 0 Å². The van der Waals surface area contributed by atoms with Gasteiger partial charge in [0.05, 0.1) is 10.9 Å². The van der Waals surface area contributed by atoms with Crippen molar-refractivity contribution in [2.24, 2.45) is 5.92 Å². The Bertz CT molecular complexity index is 736. The van der Waals surface area contributed by atoms with Crippen LogP contribution in [0.4, 0.5) is 14.5 Å². The van der Waals surface area contributed by atoms with Crippen LogP contribution in [0, 0.1) is 5.92 Å². The largest absolute Gasteiger partial charge is 0.433 e. The highest BCUT2D eigenvalue weighted by Gasteiger charge is 2.24. The van der Waals surface area contributed by atoms with E-state index in [1.165, 1.54) is 18.2 Å². The lowest BCUT2D eigenvalue weighted by Crippen LogP contribution is -2.25. The molecule has 3 nitrogen and oxygen atoms in total. The first-order valence-electron chi connectivity index (χ1n) is 7.58. The molecule has 2 aromatic rings. The molecule has 0 saturated heterocycles. The monoisotopic (exact) mass is 387 g/mol. The minimum absolute atomic E-state index is 0.00862. The van der Waals surface area contributed by atoms with Crippen molar-refractivity contribution in [3.8, 4) is 5.75 Å². The zero-order valence-corrected chi connectivity index (χ0v) is 15.1. The molecule has 1 N–H and O–H groups in total. The second kappa shape index (κ2) is 8.50. The summed E-state index contributed by atoms with van der Waals surface area (Å²) in [7, 11) is 0. The number of nitrogens with one attached hydrogen (secondary N) is 1. The lowest BCUT2D eigenvalue weighted by atomic mass is 9.87. The molecule has 0 unspecified atom stereocenters. The SMILES string of the molecule is CC(C)[C@@H](C(=O)Nc1ccc(OC(F)F)c(Cl)c1)c1ccc(Cl)cc1. The summed E-state index contributed by atoms with van der Waals surface area (Å²) in [6.45, 7) is 0.907. The first-order valence-corrected chi connectivity index (χ1v) is 8.34. The topological polar surface area (TPSA) is 38.3 Å². The van der Waals surface area contributed by atoms with E-state index in [0.29, 0.717) is 10.7 Å². The molecule has 25 heavy (non-hydrogen) atoms. The molecule has 0 aliphatic carbocycles. The zero-order valence-electron chi connectivity index (χ0n) is 13.6. The fourth-order valence-corrected chi connectivity index (χ4v) is 2.85. The van der Waals surface area contributed by atoms with E-state index in [0.717, 1.165) is 5.56 Å². The Morgan fingerprint density at radius 3 is 2.24 bits per heavy atom. The van der Waals surface area contributed by atoms with E-state index in [4.69, 9.17) is 23.2 Å². The van der Waals surface area contributed by atoms with Crippen molar-refractivity contribution in [2.45, 2.75) is 26.4 Å². The van der Waals surface area contributed by atoms with Gasteiger partial charge >= 0.3 is 6.61 Å². The molecule has 1 atom stereocenters. The summed E-state index contributed by atoms with van der Waals surface area (Å²) in [4.78, 5) is 12.7. The van der Waals surface area contributed by atoms with Crippen LogP contribution in [0.5, 0.6) is 5.75 Å². The number of halogens is 4. The number of benzene rings is 2. The molecular formula is C18H17Cl2F2NO2. The first-order chi connectivity index (χ1) is 11.8. The molecule has 0 heterocycles. The molecule has 0 radical (unpaired) electrons. The molecular weight excluding hydrogens is 371 g/mol. The second-order valence-electron chi connectivity index (χ2n) is 5.79. The summed E-state index contributed by atoms with van der Waals surface area (Å²) < 4.78 is 28.8. The van der Waals surface area contributed by atoms with Crippen molar-refractivity contribution < 1.29 is 18.3 Å². The Hall–Kier alpha value is -1.85. The fraction of sp³-hybridized carbons (Fsp3) is 0.278. The van der Waals surface area contributed by atoms with Crippen molar-refractivity contribution in [1.82, 2.24) is 0 Å². The van der Waals surface area contributed by atoms with E-state index in [9.17, 15) is 13.6 Å². The maximum absolute atomic E-state index is 12.7. The molecule has 0 saturated carbocycles. The zero-order chi connectivity index (χ0) is 18.6. The Labute approximate surface area is 154 Å². The molecule has 1 amide bonds. The number of carbonyl (C=O) groups is 1. The number of hydrogen-bond acceptors (Lipinski definition) is 2. The third kappa shape index (κ3) is 5.31. The summed E-state index contributed by atoms with van der Waals surface area (Å²) in [6.07, 6.45) is 0. The highest BCUT2D eigenvalue weighted by Crippen LogP contribution is 2.31. The van der Waals surface area contributed by atoms with Gasteiger partial charge in [0.2, 0.25) is 5.91 Å². The number of rotatable bonds is 6. The van der Waals surface area contributed by atoms with Crippen LogP contribution in [0.2, 0.25) is 10.0 Å². The highest BCUT2D eigenvalue weighted by molar-refractivity contribution is 6.32. The summed E-state index contributed by atoms with van der Waals surface area (Å²) in [5.41, 5.74) is 1.23. The van der Waals surface area contributed by atoms with Gasteiger partial charge in [0, 0.05) is 10.7 Å². The van der Waals surface area contributed by atoms with Crippen molar-refractivity contribution >= 4 is 34.8 Å². The number of amides is 1. The third-order valence-corrected chi connectivity index (χ3v) is 4.14. The van der Waals surface area contributed by atoms with Crippen molar-refractivity contribution in [1.29, 1.82) is 0 Å². The van der Waals surface area contributed by atoms with Crippen LogP contribution in [-0.2, 0) is 4.79 Å². The van der Waals surface area contributed by atoms with Gasteiger partial charge in [-0.3, -0.25) is 4.79 Å². The maximum atomic E-state index is 12.7. The average Bonchev–Trinajstić information content (AvgIpc) is 2.51. The van der Waals surface area contributed by atoms with E-state index >= 15 is 0 Å². The van der Waals surface area contributed by atoms with Crippen LogP contribution in [-0.4, -0.2) is 12.5 Å². The molecule has 0 fully saturated rings. The summed E-state index contributed by atoms with van der Waals surface area (Å²) in [5, 5.41) is 3.34. The van der Waals surface area contributed by atoms with Gasteiger partial charge in [-0.1, -0.05) is 49.2 Å². The van der Waals surface area contributed by atoms with Gasteiger partial charge in [0.15, 0.2) is 0 Å². The predicted molar refractivity (Wildman–Crippen MR) is 95.7 cm³/mol. The Morgan fingerprint density at radius 2 is 1.72 bits per heavy atom. The number of alkyl halides is 2. The van der Waals surface area contributed by atoms with Gasteiger partial charge in [-0.15, -0.1) is 0 Å². The van der Waals surface area contributed by atoms with E-state index in [1.807, 2.05) is 13.8 Å². The number of ether oxygens (including phenoxy) is 1. The van der Waals surface area contributed by atoms with Crippen LogP contribution in [0.15, 0.2) is 42.5 Å². The second-order valence-corrected chi connectivity index (χ2v) is 6.63. The van der Waals surface area contributed by atoms with Gasteiger partial charge < -0.3 is 10.1 Å². The summed E-state index contributed by atoms with van der Waals surface area (Å²) >= 11 is 11.8. The standard InChI is InChI=1S/C18H17Cl2F2NO2/c1-10(2)16(11-3-5-12(19)6-4-11)17(24)23-13-7-8-15(14(20)9-13)25-18(21)22/h3-10,16,18H,1-2H3,(H,23,24)/t16-/m1/s1. The normalized spacial score (nSPS) is 12.3. The highest BCUT2D eigenvalue weighted by atomic mass is 35.5. The maximum Gasteiger partial charge on any atom is 0.387 e. The van der Waals surface area contributed by atoms with Crippen LogP contribution in [0.25, 0.3) is 0 Å². The van der Waals surface area contributed by atoms with Crippen LogP contribution >= 0.6 is 23.2 Å². The third-order valence-electron chi connectivity index (χ3n) is 3.59. The molecule has 0 aliphatic heterocycles. The molecule has 0 bridgehead atoms. The predicted octanol–water partition coefficient (Wildman–Crippen LogP) is 5.97. The van der Waals surface area contributed by atoms with E-state index < -0.39 is 12.5 Å². The van der Waals surface area contributed by atoms with Crippen molar-refractivity contribution in [3.63, 3.8) is 0 Å². The Balaban J connectivity index is 2.18. The molecule has 0 aliphatic rings. The Morgan fingerprint density at radius 1 is 1.08 bits per heavy atom. The quantitative estimate of drug-likeness (QED) is 0.662. The van der Waals surface area contributed by atoms with Gasteiger partial charge in [-0.2, -0.15) is 8.78 Å². The van der Waals surface area contributed by atoms with Crippen LogP contribution < -0.4 is 10.1 Å². The molecule has 7 heteroatoms. The smallest absolute Gasteiger partial charge is 0.387 e. The minimum Gasteiger partial charge on any atom is -0.433 e. The van der Waals surface area contributed by atoms with Gasteiger partial charge in [0.25, 0.3) is 0 Å². The Kier molecular flexibility index (Phi) is 6.62. The summed E-state index contributed by atoms with van der Waals surface area (Å²) in [6, 6.07) is 11.2. The van der Waals surface area contributed by atoms with Crippen molar-refractivity contribution in [2.75, 3.05) is 5.32 Å². The molecule has 0 aromatic heterocycles. The van der Waals surface area contributed by atoms with E-state index in [1.54, 1.807) is 24.3 Å². The number of anilines is 1. The van der Waals surface area contributed by atoms with Crippen molar-refractivity contribution in [3.05, 3.63) is 58.1 Å². The van der Waals surface area contributed by atoms with Gasteiger partial charge in [0.1, 0.15) is 5.75 Å². The molecule has 2 aromatic carbocycles. The minimum atomic E-state index is -2.96. The molecule has 134 valence electrons. The van der Waals surface area contributed by atoms with Gasteiger partial charge in [-0.05, 0) is 41.8 Å².